The van der Waals surface area contributed by atoms with E-state index in [0.717, 1.165) is 19.5 Å². The number of piperazine rings is 1. The number of hydrogen-bond donors (Lipinski definition) is 0. The van der Waals surface area contributed by atoms with Crippen molar-refractivity contribution < 1.29 is 4.79 Å². The summed E-state index contributed by atoms with van der Waals surface area (Å²) in [6, 6.07) is 1.88. The van der Waals surface area contributed by atoms with Crippen molar-refractivity contribution in [1.29, 1.82) is 5.26 Å². The Balaban J connectivity index is 2.90. The number of carbonyl (C=O) groups excluding carboxylic acids is 1. The van der Waals surface area contributed by atoms with Crippen molar-refractivity contribution in [3.8, 4) is 6.07 Å². The molecule has 1 unspecified atom stereocenters. The normalized spacial score (nSPS) is 24.4. The van der Waals surface area contributed by atoms with Crippen LogP contribution < -0.4 is 0 Å². The van der Waals surface area contributed by atoms with Gasteiger partial charge < -0.3 is 4.90 Å². The number of amides is 1. The van der Waals surface area contributed by atoms with Gasteiger partial charge in [-0.1, -0.05) is 13.8 Å². The van der Waals surface area contributed by atoms with E-state index in [0.29, 0.717) is 5.92 Å². The Hall–Kier alpha value is -1.08. The zero-order valence-corrected chi connectivity index (χ0v) is 12.2. The summed E-state index contributed by atoms with van der Waals surface area (Å²) in [5.74, 6) is 0.693. The van der Waals surface area contributed by atoms with Gasteiger partial charge in [0.05, 0.1) is 12.5 Å². The van der Waals surface area contributed by atoms with Crippen LogP contribution in [0.3, 0.4) is 0 Å². The Bertz CT molecular complexity index is 343. The third-order valence-electron chi connectivity index (χ3n) is 3.67. The van der Waals surface area contributed by atoms with Crippen molar-refractivity contribution in [2.75, 3.05) is 20.1 Å². The summed E-state index contributed by atoms with van der Waals surface area (Å²) in [5.41, 5.74) is -0.0565. The summed E-state index contributed by atoms with van der Waals surface area (Å²) in [6.07, 6.45) is 1.34. The minimum absolute atomic E-state index is 0.0565. The predicted molar refractivity (Wildman–Crippen MR) is 71.9 cm³/mol. The van der Waals surface area contributed by atoms with Gasteiger partial charge in [-0.25, -0.2) is 0 Å². The first-order valence-corrected chi connectivity index (χ1v) is 6.68. The fourth-order valence-corrected chi connectivity index (χ4v) is 2.70. The van der Waals surface area contributed by atoms with Gasteiger partial charge in [0.1, 0.15) is 6.04 Å². The SMILES string of the molecule is CC(C)CCN1C(CC#N)C(=O)N(C)CC1(C)C. The summed E-state index contributed by atoms with van der Waals surface area (Å²) in [7, 11) is 1.83. The largest absolute Gasteiger partial charge is 0.343 e. The zero-order chi connectivity index (χ0) is 13.9. The highest BCUT2D eigenvalue weighted by Gasteiger charge is 2.43. The van der Waals surface area contributed by atoms with Crippen LogP contribution in [0.1, 0.15) is 40.5 Å². The van der Waals surface area contributed by atoms with E-state index in [2.05, 4.69) is 38.7 Å². The maximum absolute atomic E-state index is 12.2. The second kappa shape index (κ2) is 5.71. The predicted octanol–water partition coefficient (Wildman–Crippen LogP) is 1.87. The quantitative estimate of drug-likeness (QED) is 0.766. The molecule has 1 aliphatic heterocycles. The van der Waals surface area contributed by atoms with Crippen LogP contribution in [0.5, 0.6) is 0 Å². The summed E-state index contributed by atoms with van der Waals surface area (Å²) >= 11 is 0. The molecule has 0 N–H and O–H groups in total. The topological polar surface area (TPSA) is 47.3 Å². The second-order valence-electron chi connectivity index (χ2n) is 6.26. The van der Waals surface area contributed by atoms with E-state index in [1.54, 1.807) is 4.90 Å². The van der Waals surface area contributed by atoms with E-state index in [9.17, 15) is 4.79 Å². The first kappa shape index (κ1) is 15.0. The van der Waals surface area contributed by atoms with Gasteiger partial charge in [-0.2, -0.15) is 5.26 Å². The van der Waals surface area contributed by atoms with Crippen LogP contribution in [-0.2, 0) is 4.79 Å². The molecule has 1 heterocycles. The lowest BCUT2D eigenvalue weighted by Crippen LogP contribution is -2.65. The highest BCUT2D eigenvalue weighted by molar-refractivity contribution is 5.83. The van der Waals surface area contributed by atoms with E-state index in [4.69, 9.17) is 5.26 Å². The average molecular weight is 251 g/mol. The molecular weight excluding hydrogens is 226 g/mol. The van der Waals surface area contributed by atoms with Crippen LogP contribution in [0.4, 0.5) is 0 Å². The molecule has 0 aromatic carbocycles. The molecule has 0 bridgehead atoms. The van der Waals surface area contributed by atoms with Crippen LogP contribution in [0.25, 0.3) is 0 Å². The molecule has 4 heteroatoms. The Morgan fingerprint density at radius 3 is 2.61 bits per heavy atom. The van der Waals surface area contributed by atoms with Crippen LogP contribution in [0.2, 0.25) is 0 Å². The Labute approximate surface area is 111 Å². The van der Waals surface area contributed by atoms with E-state index in [1.807, 2.05) is 7.05 Å². The van der Waals surface area contributed by atoms with Crippen molar-refractivity contribution in [3.63, 3.8) is 0 Å². The lowest BCUT2D eigenvalue weighted by molar-refractivity contribution is -0.148. The van der Waals surface area contributed by atoms with Crippen molar-refractivity contribution in [1.82, 2.24) is 9.80 Å². The van der Waals surface area contributed by atoms with Crippen molar-refractivity contribution >= 4 is 5.91 Å². The van der Waals surface area contributed by atoms with Gasteiger partial charge in [0.25, 0.3) is 0 Å². The van der Waals surface area contributed by atoms with Crippen LogP contribution in [0.15, 0.2) is 0 Å². The highest BCUT2D eigenvalue weighted by atomic mass is 16.2. The first-order chi connectivity index (χ1) is 8.29. The van der Waals surface area contributed by atoms with E-state index in [-0.39, 0.29) is 23.9 Å². The minimum atomic E-state index is -0.275. The number of nitrogens with zero attached hydrogens (tertiary/aromatic N) is 3. The average Bonchev–Trinajstić information content (AvgIpc) is 2.24. The molecule has 0 aromatic rings. The molecule has 1 saturated heterocycles. The van der Waals surface area contributed by atoms with Gasteiger partial charge in [0.2, 0.25) is 5.91 Å². The zero-order valence-electron chi connectivity index (χ0n) is 12.2. The summed E-state index contributed by atoms with van der Waals surface area (Å²) in [4.78, 5) is 16.2. The number of carbonyl (C=O) groups is 1. The molecule has 0 aliphatic carbocycles. The van der Waals surface area contributed by atoms with Crippen LogP contribution in [0, 0.1) is 17.2 Å². The molecule has 0 saturated carbocycles. The molecule has 102 valence electrons. The first-order valence-electron chi connectivity index (χ1n) is 6.68. The number of nitriles is 1. The van der Waals surface area contributed by atoms with E-state index in [1.165, 1.54) is 0 Å². The third-order valence-corrected chi connectivity index (χ3v) is 3.67. The summed E-state index contributed by atoms with van der Waals surface area (Å²) < 4.78 is 0. The van der Waals surface area contributed by atoms with Gasteiger partial charge in [-0.3, -0.25) is 9.69 Å². The summed E-state index contributed by atoms with van der Waals surface area (Å²) in [5, 5.41) is 8.94. The molecule has 1 fully saturated rings. The molecule has 1 atom stereocenters. The Kier molecular flexibility index (Phi) is 4.75. The minimum Gasteiger partial charge on any atom is -0.343 e. The number of likely N-dealkylation sites (N-methyl/N-ethyl adjacent to an activating group) is 1. The van der Waals surface area contributed by atoms with E-state index < -0.39 is 0 Å². The van der Waals surface area contributed by atoms with Gasteiger partial charge in [-0.15, -0.1) is 0 Å². The number of rotatable bonds is 4. The molecule has 0 aromatic heterocycles. The highest BCUT2D eigenvalue weighted by Crippen LogP contribution is 2.27. The molecule has 1 aliphatic rings. The van der Waals surface area contributed by atoms with E-state index >= 15 is 0 Å². The maximum Gasteiger partial charge on any atom is 0.240 e. The maximum atomic E-state index is 12.2. The lowest BCUT2D eigenvalue weighted by atomic mass is 9.92. The standard InChI is InChI=1S/C14H25N3O/c1-11(2)7-9-17-12(6-8-15)13(18)16(5)10-14(17,3)4/h11-12H,6-7,9-10H2,1-5H3. The fourth-order valence-electron chi connectivity index (χ4n) is 2.70. The monoisotopic (exact) mass is 251 g/mol. The molecular formula is C14H25N3O. The number of hydrogen-bond acceptors (Lipinski definition) is 3. The van der Waals surface area contributed by atoms with Crippen molar-refractivity contribution in [3.05, 3.63) is 0 Å². The molecule has 0 spiro atoms. The van der Waals surface area contributed by atoms with Crippen molar-refractivity contribution in [2.24, 2.45) is 5.92 Å². The Morgan fingerprint density at radius 2 is 2.11 bits per heavy atom. The second-order valence-corrected chi connectivity index (χ2v) is 6.26. The fraction of sp³-hybridized carbons (Fsp3) is 0.857. The van der Waals surface area contributed by atoms with Crippen molar-refractivity contribution in [2.45, 2.75) is 52.1 Å². The van der Waals surface area contributed by atoms with Gasteiger partial charge in [-0.05, 0) is 32.7 Å². The molecule has 1 rings (SSSR count). The molecule has 0 radical (unpaired) electrons. The molecule has 18 heavy (non-hydrogen) atoms. The van der Waals surface area contributed by atoms with Gasteiger partial charge in [0.15, 0.2) is 0 Å². The Morgan fingerprint density at radius 1 is 1.50 bits per heavy atom. The van der Waals surface area contributed by atoms with Crippen LogP contribution >= 0.6 is 0 Å². The molecule has 4 nitrogen and oxygen atoms in total. The smallest absolute Gasteiger partial charge is 0.240 e. The lowest BCUT2D eigenvalue weighted by Gasteiger charge is -2.50. The van der Waals surface area contributed by atoms with Gasteiger partial charge >= 0.3 is 0 Å². The third kappa shape index (κ3) is 3.23. The molecule has 1 amide bonds. The van der Waals surface area contributed by atoms with Crippen LogP contribution in [-0.4, -0.2) is 47.4 Å². The summed E-state index contributed by atoms with van der Waals surface area (Å²) in [6.45, 7) is 10.3. The van der Waals surface area contributed by atoms with Gasteiger partial charge in [0, 0.05) is 19.1 Å².